The average molecular weight is 188 g/mol. The molecule has 3 heteroatoms. The van der Waals surface area contributed by atoms with Gasteiger partial charge in [-0.15, -0.1) is 0 Å². The van der Waals surface area contributed by atoms with Gasteiger partial charge in [0.05, 0.1) is 12.2 Å². The summed E-state index contributed by atoms with van der Waals surface area (Å²) in [5.74, 6) is 0. The lowest BCUT2D eigenvalue weighted by molar-refractivity contribution is -0.305. The summed E-state index contributed by atoms with van der Waals surface area (Å²) < 4.78 is 16.6. The molecular weight excluding hydrogens is 168 g/mol. The van der Waals surface area contributed by atoms with Crippen molar-refractivity contribution >= 4 is 0 Å². The Labute approximate surface area is 80.4 Å². The number of ether oxygens (including phenoxy) is 3. The van der Waals surface area contributed by atoms with Crippen molar-refractivity contribution in [2.75, 3.05) is 0 Å². The molecule has 1 aliphatic heterocycles. The number of hydrogen-bond acceptors (Lipinski definition) is 3. The number of rotatable bonds is 3. The maximum atomic E-state index is 5.68. The second-order valence-corrected chi connectivity index (χ2v) is 3.67. The van der Waals surface area contributed by atoms with Crippen LogP contribution in [0.1, 0.15) is 40.5 Å². The molecule has 1 fully saturated rings. The van der Waals surface area contributed by atoms with Crippen molar-refractivity contribution in [1.29, 1.82) is 0 Å². The van der Waals surface area contributed by atoms with Crippen LogP contribution in [0.15, 0.2) is 0 Å². The monoisotopic (exact) mass is 188 g/mol. The molecule has 0 aromatic carbocycles. The van der Waals surface area contributed by atoms with Crippen molar-refractivity contribution in [3.05, 3.63) is 0 Å². The SMILES string of the molecule is CCC(C)OC1CC(C)OC(C)O1. The van der Waals surface area contributed by atoms with E-state index in [1.54, 1.807) is 0 Å². The Morgan fingerprint density at radius 1 is 1.38 bits per heavy atom. The third kappa shape index (κ3) is 3.63. The lowest BCUT2D eigenvalue weighted by Gasteiger charge is -2.33. The fourth-order valence-electron chi connectivity index (χ4n) is 1.40. The van der Waals surface area contributed by atoms with Crippen LogP contribution in [0.4, 0.5) is 0 Å². The minimum atomic E-state index is -0.141. The Morgan fingerprint density at radius 3 is 2.62 bits per heavy atom. The van der Waals surface area contributed by atoms with E-state index in [9.17, 15) is 0 Å². The molecule has 0 aromatic rings. The van der Waals surface area contributed by atoms with E-state index >= 15 is 0 Å². The van der Waals surface area contributed by atoms with Gasteiger partial charge in [0.25, 0.3) is 0 Å². The lowest BCUT2D eigenvalue weighted by atomic mass is 10.2. The highest BCUT2D eigenvalue weighted by atomic mass is 16.8. The summed E-state index contributed by atoms with van der Waals surface area (Å²) in [7, 11) is 0. The molecule has 13 heavy (non-hydrogen) atoms. The molecule has 0 saturated carbocycles. The van der Waals surface area contributed by atoms with Crippen molar-refractivity contribution in [1.82, 2.24) is 0 Å². The van der Waals surface area contributed by atoms with E-state index in [0.29, 0.717) is 0 Å². The molecule has 1 aliphatic rings. The molecule has 0 amide bonds. The topological polar surface area (TPSA) is 27.7 Å². The molecule has 0 radical (unpaired) electrons. The van der Waals surface area contributed by atoms with Crippen LogP contribution in [0, 0.1) is 0 Å². The van der Waals surface area contributed by atoms with E-state index in [2.05, 4.69) is 13.8 Å². The van der Waals surface area contributed by atoms with E-state index in [0.717, 1.165) is 12.8 Å². The lowest BCUT2D eigenvalue weighted by Crippen LogP contribution is -2.38. The van der Waals surface area contributed by atoms with Crippen molar-refractivity contribution in [3.8, 4) is 0 Å². The average Bonchev–Trinajstić information content (AvgIpc) is 2.02. The third-order valence-electron chi connectivity index (χ3n) is 2.25. The smallest absolute Gasteiger partial charge is 0.163 e. The predicted octanol–water partition coefficient (Wildman–Crippen LogP) is 2.30. The highest BCUT2D eigenvalue weighted by molar-refractivity contribution is 4.62. The van der Waals surface area contributed by atoms with Crippen LogP contribution < -0.4 is 0 Å². The van der Waals surface area contributed by atoms with Crippen LogP contribution in [-0.2, 0) is 14.2 Å². The van der Waals surface area contributed by atoms with Gasteiger partial charge in [0.2, 0.25) is 0 Å². The first-order chi connectivity index (χ1) is 6.11. The van der Waals surface area contributed by atoms with Crippen LogP contribution in [0.3, 0.4) is 0 Å². The first-order valence-electron chi connectivity index (χ1n) is 5.08. The summed E-state index contributed by atoms with van der Waals surface area (Å²) in [5.41, 5.74) is 0. The molecular formula is C10H20O3. The van der Waals surface area contributed by atoms with Crippen LogP contribution in [0.25, 0.3) is 0 Å². The van der Waals surface area contributed by atoms with Gasteiger partial charge in [-0.3, -0.25) is 0 Å². The Bertz CT molecular complexity index is 139. The minimum Gasteiger partial charge on any atom is -0.350 e. The van der Waals surface area contributed by atoms with Gasteiger partial charge in [-0.05, 0) is 27.2 Å². The van der Waals surface area contributed by atoms with Gasteiger partial charge in [-0.2, -0.15) is 0 Å². The van der Waals surface area contributed by atoms with Gasteiger partial charge >= 0.3 is 0 Å². The maximum Gasteiger partial charge on any atom is 0.163 e. The maximum absolute atomic E-state index is 5.68. The molecule has 0 bridgehead atoms. The second kappa shape index (κ2) is 4.94. The van der Waals surface area contributed by atoms with Gasteiger partial charge in [0, 0.05) is 6.42 Å². The molecule has 4 unspecified atom stereocenters. The van der Waals surface area contributed by atoms with E-state index in [4.69, 9.17) is 14.2 Å². The molecule has 1 heterocycles. The summed E-state index contributed by atoms with van der Waals surface area (Å²) >= 11 is 0. The van der Waals surface area contributed by atoms with Gasteiger partial charge in [0.15, 0.2) is 12.6 Å². The molecule has 3 nitrogen and oxygen atoms in total. The fraction of sp³-hybridized carbons (Fsp3) is 1.00. The Hall–Kier alpha value is -0.120. The van der Waals surface area contributed by atoms with Gasteiger partial charge in [0.1, 0.15) is 0 Å². The highest BCUT2D eigenvalue weighted by Gasteiger charge is 2.26. The molecule has 1 saturated heterocycles. The van der Waals surface area contributed by atoms with Crippen LogP contribution in [-0.4, -0.2) is 24.8 Å². The highest BCUT2D eigenvalue weighted by Crippen LogP contribution is 2.20. The predicted molar refractivity (Wildman–Crippen MR) is 50.3 cm³/mol. The summed E-state index contributed by atoms with van der Waals surface area (Å²) in [4.78, 5) is 0. The molecule has 0 N–H and O–H groups in total. The zero-order valence-corrected chi connectivity index (χ0v) is 8.95. The van der Waals surface area contributed by atoms with E-state index in [1.165, 1.54) is 0 Å². The summed E-state index contributed by atoms with van der Waals surface area (Å²) in [6.07, 6.45) is 2.12. The Morgan fingerprint density at radius 2 is 2.08 bits per heavy atom. The van der Waals surface area contributed by atoms with Crippen molar-refractivity contribution in [3.63, 3.8) is 0 Å². The molecule has 1 rings (SSSR count). The third-order valence-corrected chi connectivity index (χ3v) is 2.25. The summed E-state index contributed by atoms with van der Waals surface area (Å²) in [5, 5.41) is 0. The first kappa shape index (κ1) is 11.0. The first-order valence-corrected chi connectivity index (χ1v) is 5.08. The van der Waals surface area contributed by atoms with Crippen molar-refractivity contribution in [2.45, 2.75) is 65.3 Å². The quantitative estimate of drug-likeness (QED) is 0.680. The van der Waals surface area contributed by atoms with Crippen LogP contribution in [0.2, 0.25) is 0 Å². The van der Waals surface area contributed by atoms with Crippen LogP contribution >= 0.6 is 0 Å². The van der Waals surface area contributed by atoms with E-state index in [1.807, 2.05) is 13.8 Å². The van der Waals surface area contributed by atoms with E-state index in [-0.39, 0.29) is 24.8 Å². The molecule has 78 valence electrons. The normalized spacial score (nSPS) is 37.4. The molecule has 0 spiro atoms. The van der Waals surface area contributed by atoms with Gasteiger partial charge < -0.3 is 14.2 Å². The largest absolute Gasteiger partial charge is 0.350 e. The second-order valence-electron chi connectivity index (χ2n) is 3.67. The van der Waals surface area contributed by atoms with Gasteiger partial charge in [-0.1, -0.05) is 6.92 Å². The zero-order valence-electron chi connectivity index (χ0n) is 8.95. The minimum absolute atomic E-state index is 0.0892. The standard InChI is InChI=1S/C10H20O3/c1-5-7(2)12-10-6-8(3)11-9(4)13-10/h7-10H,5-6H2,1-4H3. The van der Waals surface area contributed by atoms with Crippen molar-refractivity contribution in [2.24, 2.45) is 0 Å². The van der Waals surface area contributed by atoms with Gasteiger partial charge in [-0.25, -0.2) is 0 Å². The molecule has 0 aliphatic carbocycles. The molecule has 4 atom stereocenters. The zero-order chi connectivity index (χ0) is 9.84. The van der Waals surface area contributed by atoms with E-state index < -0.39 is 0 Å². The Kier molecular flexibility index (Phi) is 4.16. The Balaban J connectivity index is 2.32. The molecule has 0 aromatic heterocycles. The summed E-state index contributed by atoms with van der Waals surface area (Å²) in [6, 6.07) is 0. The van der Waals surface area contributed by atoms with Crippen molar-refractivity contribution < 1.29 is 14.2 Å². The number of hydrogen-bond donors (Lipinski definition) is 0. The fourth-order valence-corrected chi connectivity index (χ4v) is 1.40. The summed E-state index contributed by atoms with van der Waals surface area (Å²) in [6.45, 7) is 8.12. The van der Waals surface area contributed by atoms with Crippen LogP contribution in [0.5, 0.6) is 0 Å².